The van der Waals surface area contributed by atoms with Crippen LogP contribution in [0, 0.1) is 0 Å². The summed E-state index contributed by atoms with van der Waals surface area (Å²) >= 11 is 0. The summed E-state index contributed by atoms with van der Waals surface area (Å²) in [5, 5.41) is 5.82. The van der Waals surface area contributed by atoms with Crippen molar-refractivity contribution >= 4 is 23.2 Å². The lowest BCUT2D eigenvalue weighted by Gasteiger charge is -2.21. The summed E-state index contributed by atoms with van der Waals surface area (Å²) in [4.78, 5) is 27.6. The first-order valence-corrected chi connectivity index (χ1v) is 11.2. The van der Waals surface area contributed by atoms with E-state index < -0.39 is 6.04 Å². The van der Waals surface area contributed by atoms with E-state index in [1.54, 1.807) is 0 Å². The summed E-state index contributed by atoms with van der Waals surface area (Å²) in [6.07, 6.45) is 4.81. The molecule has 2 N–H and O–H groups in total. The molecule has 1 aliphatic rings. The van der Waals surface area contributed by atoms with Crippen LogP contribution in [0.5, 0.6) is 0 Å². The van der Waals surface area contributed by atoms with Crippen molar-refractivity contribution in [3.05, 3.63) is 60.2 Å². The highest BCUT2D eigenvalue weighted by Gasteiger charge is 2.21. The fraction of sp³-hybridized carbons (Fsp3) is 0.440. The van der Waals surface area contributed by atoms with E-state index in [9.17, 15) is 9.59 Å². The first kappa shape index (κ1) is 22.8. The van der Waals surface area contributed by atoms with Gasteiger partial charge in [-0.15, -0.1) is 0 Å². The zero-order valence-electron chi connectivity index (χ0n) is 18.3. The van der Waals surface area contributed by atoms with Crippen LogP contribution in [0.1, 0.15) is 44.6 Å². The van der Waals surface area contributed by atoms with E-state index in [-0.39, 0.29) is 18.4 Å². The highest BCUT2D eigenvalue weighted by Crippen LogP contribution is 2.23. The number of carbonyl (C=O) groups is 2. The van der Waals surface area contributed by atoms with E-state index in [0.717, 1.165) is 42.9 Å². The van der Waals surface area contributed by atoms with Crippen molar-refractivity contribution in [3.63, 3.8) is 0 Å². The number of ether oxygens (including phenoxy) is 1. The lowest BCUT2D eigenvalue weighted by Crippen LogP contribution is -2.45. The molecule has 6 nitrogen and oxygen atoms in total. The van der Waals surface area contributed by atoms with Crippen molar-refractivity contribution in [2.24, 2.45) is 0 Å². The Balaban J connectivity index is 1.53. The Hall–Kier alpha value is -2.86. The second kappa shape index (κ2) is 12.1. The Bertz CT molecular complexity index is 835. The number of rotatable bonds is 11. The van der Waals surface area contributed by atoms with E-state index in [2.05, 4.69) is 28.5 Å². The third-order valence-electron chi connectivity index (χ3n) is 5.43. The fourth-order valence-corrected chi connectivity index (χ4v) is 3.73. The lowest BCUT2D eigenvalue weighted by atomic mass is 10.1. The Kier molecular flexibility index (Phi) is 8.91. The van der Waals surface area contributed by atoms with Crippen molar-refractivity contribution in [2.45, 2.75) is 51.7 Å². The molecule has 0 spiro atoms. The molecule has 2 aromatic rings. The van der Waals surface area contributed by atoms with Crippen LogP contribution in [-0.2, 0) is 20.9 Å². The average Bonchev–Trinajstić information content (AvgIpc) is 3.32. The predicted octanol–water partition coefficient (Wildman–Crippen LogP) is 4.12. The number of nitrogens with one attached hydrogen (secondary N) is 2. The van der Waals surface area contributed by atoms with Crippen LogP contribution in [0.15, 0.2) is 54.6 Å². The summed E-state index contributed by atoms with van der Waals surface area (Å²) in [5.74, 6) is -0.471. The molecule has 2 amide bonds. The highest BCUT2D eigenvalue weighted by atomic mass is 16.5. The standard InChI is InChI=1S/C25H33N3O3/c1-2-3-14-23(27-24(29)19-31-18-20-10-5-4-6-11-20)25(30)26-21-12-9-13-22(17-21)28-15-7-8-16-28/h4-6,9-13,17,23H,2-3,7-8,14-16,18-19H2,1H3,(H,26,30)(H,27,29). The summed E-state index contributed by atoms with van der Waals surface area (Å²) in [6, 6.07) is 17.0. The number of benzene rings is 2. The Labute approximate surface area is 185 Å². The Morgan fingerprint density at radius 2 is 1.84 bits per heavy atom. The minimum absolute atomic E-state index is 0.0742. The number of anilines is 2. The molecule has 31 heavy (non-hydrogen) atoms. The second-order valence-electron chi connectivity index (χ2n) is 7.97. The SMILES string of the molecule is CCCCC(NC(=O)COCc1ccccc1)C(=O)Nc1cccc(N2CCCC2)c1. The van der Waals surface area contributed by atoms with Gasteiger partial charge in [-0.25, -0.2) is 0 Å². The maximum absolute atomic E-state index is 12.9. The third-order valence-corrected chi connectivity index (χ3v) is 5.43. The molecule has 1 heterocycles. The molecule has 2 aromatic carbocycles. The van der Waals surface area contributed by atoms with Gasteiger partial charge in [-0.05, 0) is 43.0 Å². The van der Waals surface area contributed by atoms with Gasteiger partial charge in [0.2, 0.25) is 11.8 Å². The molecule has 0 radical (unpaired) electrons. The number of amides is 2. The lowest BCUT2D eigenvalue weighted by molar-refractivity contribution is -0.130. The molecule has 1 atom stereocenters. The van der Waals surface area contributed by atoms with E-state index in [1.165, 1.54) is 12.8 Å². The van der Waals surface area contributed by atoms with Crippen LogP contribution in [0.4, 0.5) is 11.4 Å². The van der Waals surface area contributed by atoms with Gasteiger partial charge in [0.25, 0.3) is 0 Å². The average molecular weight is 424 g/mol. The van der Waals surface area contributed by atoms with Gasteiger partial charge >= 0.3 is 0 Å². The topological polar surface area (TPSA) is 70.7 Å². The van der Waals surface area contributed by atoms with Gasteiger partial charge in [0.15, 0.2) is 0 Å². The van der Waals surface area contributed by atoms with Crippen molar-refractivity contribution in [1.82, 2.24) is 5.32 Å². The molecule has 3 rings (SSSR count). The summed E-state index contributed by atoms with van der Waals surface area (Å²) in [5.41, 5.74) is 2.89. The van der Waals surface area contributed by atoms with Crippen molar-refractivity contribution in [2.75, 3.05) is 29.9 Å². The fourth-order valence-electron chi connectivity index (χ4n) is 3.73. The van der Waals surface area contributed by atoms with Gasteiger partial charge in [-0.1, -0.05) is 56.2 Å². The van der Waals surface area contributed by atoms with Crippen LogP contribution in [0.2, 0.25) is 0 Å². The van der Waals surface area contributed by atoms with Crippen LogP contribution in [-0.4, -0.2) is 37.6 Å². The molecule has 1 fully saturated rings. The minimum atomic E-state index is -0.580. The van der Waals surface area contributed by atoms with Gasteiger partial charge in [0, 0.05) is 24.5 Å². The normalized spacial score (nSPS) is 14.3. The minimum Gasteiger partial charge on any atom is -0.371 e. The summed E-state index contributed by atoms with van der Waals surface area (Å²) < 4.78 is 5.51. The molecule has 6 heteroatoms. The molecular weight excluding hydrogens is 390 g/mol. The van der Waals surface area contributed by atoms with Crippen molar-refractivity contribution in [1.29, 1.82) is 0 Å². The van der Waals surface area contributed by atoms with Gasteiger partial charge in [-0.3, -0.25) is 9.59 Å². The van der Waals surface area contributed by atoms with E-state index in [4.69, 9.17) is 4.74 Å². The Morgan fingerprint density at radius 1 is 1.06 bits per heavy atom. The quantitative estimate of drug-likeness (QED) is 0.570. The number of nitrogens with zero attached hydrogens (tertiary/aromatic N) is 1. The van der Waals surface area contributed by atoms with Crippen LogP contribution in [0.25, 0.3) is 0 Å². The van der Waals surface area contributed by atoms with Gasteiger partial charge in [0.05, 0.1) is 6.61 Å². The van der Waals surface area contributed by atoms with E-state index in [0.29, 0.717) is 13.0 Å². The number of hydrogen-bond acceptors (Lipinski definition) is 4. The number of carbonyl (C=O) groups excluding carboxylic acids is 2. The molecule has 1 saturated heterocycles. The molecule has 0 aliphatic carbocycles. The molecule has 0 bridgehead atoms. The Morgan fingerprint density at radius 3 is 2.58 bits per heavy atom. The molecule has 0 aromatic heterocycles. The third kappa shape index (κ3) is 7.40. The number of hydrogen-bond donors (Lipinski definition) is 2. The highest BCUT2D eigenvalue weighted by molar-refractivity contribution is 5.97. The van der Waals surface area contributed by atoms with E-state index >= 15 is 0 Å². The van der Waals surface area contributed by atoms with Crippen LogP contribution in [0.3, 0.4) is 0 Å². The summed E-state index contributed by atoms with van der Waals surface area (Å²) in [7, 11) is 0. The molecule has 1 unspecified atom stereocenters. The first-order chi connectivity index (χ1) is 15.2. The molecule has 0 saturated carbocycles. The maximum atomic E-state index is 12.9. The van der Waals surface area contributed by atoms with Crippen molar-refractivity contribution in [3.8, 4) is 0 Å². The van der Waals surface area contributed by atoms with Gasteiger partial charge in [0.1, 0.15) is 12.6 Å². The van der Waals surface area contributed by atoms with E-state index in [1.807, 2.05) is 48.5 Å². The zero-order valence-corrected chi connectivity index (χ0v) is 18.3. The number of unbranched alkanes of at least 4 members (excludes halogenated alkanes) is 1. The first-order valence-electron chi connectivity index (χ1n) is 11.2. The second-order valence-corrected chi connectivity index (χ2v) is 7.97. The zero-order chi connectivity index (χ0) is 21.9. The van der Waals surface area contributed by atoms with Crippen LogP contribution < -0.4 is 15.5 Å². The molecular formula is C25H33N3O3. The predicted molar refractivity (Wildman–Crippen MR) is 124 cm³/mol. The van der Waals surface area contributed by atoms with Gasteiger partial charge < -0.3 is 20.3 Å². The molecule has 1 aliphatic heterocycles. The van der Waals surface area contributed by atoms with Crippen molar-refractivity contribution < 1.29 is 14.3 Å². The smallest absolute Gasteiger partial charge is 0.246 e. The maximum Gasteiger partial charge on any atom is 0.246 e. The summed E-state index contributed by atoms with van der Waals surface area (Å²) in [6.45, 7) is 4.46. The largest absolute Gasteiger partial charge is 0.371 e. The molecule has 166 valence electrons. The monoisotopic (exact) mass is 423 g/mol. The van der Waals surface area contributed by atoms with Gasteiger partial charge in [-0.2, -0.15) is 0 Å². The van der Waals surface area contributed by atoms with Crippen LogP contribution >= 0.6 is 0 Å².